The van der Waals surface area contributed by atoms with Gasteiger partial charge in [-0.2, -0.15) is 0 Å². The van der Waals surface area contributed by atoms with E-state index in [2.05, 4.69) is 5.32 Å². The van der Waals surface area contributed by atoms with Gasteiger partial charge in [0.2, 0.25) is 0 Å². The van der Waals surface area contributed by atoms with Crippen molar-refractivity contribution >= 4 is 5.91 Å². The summed E-state index contributed by atoms with van der Waals surface area (Å²) in [6.45, 7) is 3.81. The molecule has 0 bridgehead atoms. The number of benzene rings is 1. The number of hydrogen-bond donors (Lipinski definition) is 1. The first-order valence-corrected chi connectivity index (χ1v) is 6.10. The zero-order valence-corrected chi connectivity index (χ0v) is 11.3. The maximum Gasteiger partial charge on any atom is 0.251 e. The first kappa shape index (κ1) is 13.2. The van der Waals surface area contributed by atoms with Crippen molar-refractivity contribution in [2.75, 3.05) is 7.11 Å². The van der Waals surface area contributed by atoms with Crippen LogP contribution in [0.2, 0.25) is 0 Å². The van der Waals surface area contributed by atoms with Crippen molar-refractivity contribution in [3.05, 3.63) is 53.5 Å². The Hall–Kier alpha value is -2.23. The zero-order valence-electron chi connectivity index (χ0n) is 11.3. The average molecular weight is 259 g/mol. The Morgan fingerprint density at radius 3 is 2.79 bits per heavy atom. The number of carbonyl (C=O) groups is 1. The minimum absolute atomic E-state index is 0.151. The van der Waals surface area contributed by atoms with Gasteiger partial charge in [0.05, 0.1) is 19.4 Å². The Morgan fingerprint density at radius 1 is 1.37 bits per heavy atom. The third-order valence-electron chi connectivity index (χ3n) is 2.99. The number of methoxy groups -OCH3 is 1. The second-order valence-corrected chi connectivity index (χ2v) is 4.39. The summed E-state index contributed by atoms with van der Waals surface area (Å²) in [4.78, 5) is 12.1. The Bertz CT molecular complexity index is 561. The minimum Gasteiger partial charge on any atom is -0.496 e. The van der Waals surface area contributed by atoms with Crippen LogP contribution in [0.15, 0.2) is 41.0 Å². The summed E-state index contributed by atoms with van der Waals surface area (Å²) in [7, 11) is 1.59. The molecule has 2 aromatic rings. The molecule has 0 spiro atoms. The molecule has 19 heavy (non-hydrogen) atoms. The summed E-state index contributed by atoms with van der Waals surface area (Å²) in [5, 5.41) is 2.88. The molecule has 100 valence electrons. The second-order valence-electron chi connectivity index (χ2n) is 4.39. The molecular weight excluding hydrogens is 242 g/mol. The van der Waals surface area contributed by atoms with Gasteiger partial charge >= 0.3 is 0 Å². The number of ether oxygens (including phenoxy) is 1. The van der Waals surface area contributed by atoms with E-state index >= 15 is 0 Å². The molecule has 0 radical (unpaired) electrons. The van der Waals surface area contributed by atoms with Crippen molar-refractivity contribution in [1.82, 2.24) is 5.32 Å². The van der Waals surface area contributed by atoms with E-state index in [1.54, 1.807) is 31.6 Å². The molecule has 2 rings (SSSR count). The molecule has 4 nitrogen and oxygen atoms in total. The van der Waals surface area contributed by atoms with E-state index in [9.17, 15) is 4.79 Å². The maximum absolute atomic E-state index is 12.1. The van der Waals surface area contributed by atoms with Crippen LogP contribution in [0.25, 0.3) is 0 Å². The molecule has 0 aliphatic carbocycles. The molecule has 0 aliphatic rings. The van der Waals surface area contributed by atoms with Gasteiger partial charge in [-0.25, -0.2) is 0 Å². The Labute approximate surface area is 112 Å². The summed E-state index contributed by atoms with van der Waals surface area (Å²) in [5.41, 5.74) is 1.57. The fourth-order valence-electron chi connectivity index (χ4n) is 1.85. The van der Waals surface area contributed by atoms with E-state index in [1.165, 1.54) is 0 Å². The minimum atomic E-state index is -0.171. The normalized spacial score (nSPS) is 11.9. The van der Waals surface area contributed by atoms with Crippen molar-refractivity contribution in [3.63, 3.8) is 0 Å². The molecule has 1 N–H and O–H groups in total. The molecule has 0 fully saturated rings. The van der Waals surface area contributed by atoms with E-state index < -0.39 is 0 Å². The molecule has 4 heteroatoms. The Morgan fingerprint density at radius 2 is 2.16 bits per heavy atom. The maximum atomic E-state index is 12.1. The summed E-state index contributed by atoms with van der Waals surface area (Å²) >= 11 is 0. The monoisotopic (exact) mass is 259 g/mol. The lowest BCUT2D eigenvalue weighted by atomic mass is 10.1. The number of furan rings is 1. The van der Waals surface area contributed by atoms with Crippen molar-refractivity contribution in [2.24, 2.45) is 0 Å². The molecule has 0 saturated carbocycles. The highest BCUT2D eigenvalue weighted by Gasteiger charge is 2.14. The van der Waals surface area contributed by atoms with Gasteiger partial charge in [-0.1, -0.05) is 6.07 Å². The largest absolute Gasteiger partial charge is 0.496 e. The molecule has 1 heterocycles. The number of amides is 1. The number of rotatable bonds is 4. The number of nitrogens with one attached hydrogen (secondary N) is 1. The molecule has 1 atom stereocenters. The van der Waals surface area contributed by atoms with Crippen LogP contribution < -0.4 is 10.1 Å². The molecule has 0 unspecified atom stereocenters. The van der Waals surface area contributed by atoms with Gasteiger partial charge in [-0.05, 0) is 43.7 Å². The van der Waals surface area contributed by atoms with Crippen molar-refractivity contribution in [2.45, 2.75) is 19.9 Å². The molecule has 1 aromatic heterocycles. The predicted molar refractivity (Wildman–Crippen MR) is 72.3 cm³/mol. The lowest BCUT2D eigenvalue weighted by molar-refractivity contribution is 0.0935. The van der Waals surface area contributed by atoms with Crippen molar-refractivity contribution in [3.8, 4) is 5.75 Å². The first-order valence-electron chi connectivity index (χ1n) is 6.10. The van der Waals surface area contributed by atoms with Gasteiger partial charge < -0.3 is 14.5 Å². The smallest absolute Gasteiger partial charge is 0.251 e. The summed E-state index contributed by atoms with van der Waals surface area (Å²) in [6, 6.07) is 8.84. The fraction of sp³-hybridized carbons (Fsp3) is 0.267. The van der Waals surface area contributed by atoms with Crippen LogP contribution >= 0.6 is 0 Å². The van der Waals surface area contributed by atoms with Crippen LogP contribution in [-0.4, -0.2) is 13.0 Å². The van der Waals surface area contributed by atoms with Gasteiger partial charge in [0.1, 0.15) is 11.5 Å². The number of carbonyl (C=O) groups excluding carboxylic acids is 1. The predicted octanol–water partition coefficient (Wildman–Crippen LogP) is 3.09. The second kappa shape index (κ2) is 5.61. The zero-order chi connectivity index (χ0) is 13.8. The van der Waals surface area contributed by atoms with Gasteiger partial charge in [0.25, 0.3) is 5.91 Å². The van der Waals surface area contributed by atoms with Crippen molar-refractivity contribution in [1.29, 1.82) is 0 Å². The van der Waals surface area contributed by atoms with Crippen LogP contribution in [-0.2, 0) is 0 Å². The highest BCUT2D eigenvalue weighted by molar-refractivity contribution is 5.94. The highest BCUT2D eigenvalue weighted by atomic mass is 16.5. The van der Waals surface area contributed by atoms with Crippen LogP contribution in [0.1, 0.15) is 34.6 Å². The number of aryl methyl sites for hydroxylation is 1. The van der Waals surface area contributed by atoms with E-state index in [1.807, 2.05) is 26.0 Å². The fourth-order valence-corrected chi connectivity index (χ4v) is 1.85. The van der Waals surface area contributed by atoms with E-state index in [4.69, 9.17) is 9.15 Å². The van der Waals surface area contributed by atoms with Gasteiger partial charge in [0.15, 0.2) is 0 Å². The van der Waals surface area contributed by atoms with Gasteiger partial charge in [-0.15, -0.1) is 0 Å². The van der Waals surface area contributed by atoms with Crippen LogP contribution in [0.4, 0.5) is 0 Å². The summed E-state index contributed by atoms with van der Waals surface area (Å²) < 4.78 is 10.5. The Balaban J connectivity index is 2.12. The standard InChI is InChI=1S/C15H17NO3/c1-10-6-7-12(9-14(10)18-3)15(17)16-11(2)13-5-4-8-19-13/h4-9,11H,1-3H3,(H,16,17)/t11-/m1/s1. The lowest BCUT2D eigenvalue weighted by Crippen LogP contribution is -2.26. The first-order chi connectivity index (χ1) is 9.11. The average Bonchev–Trinajstić information content (AvgIpc) is 2.93. The van der Waals surface area contributed by atoms with E-state index in [-0.39, 0.29) is 11.9 Å². The van der Waals surface area contributed by atoms with Crippen LogP contribution in [0.5, 0.6) is 5.75 Å². The molecule has 0 saturated heterocycles. The third-order valence-corrected chi connectivity index (χ3v) is 2.99. The summed E-state index contributed by atoms with van der Waals surface area (Å²) in [6.07, 6.45) is 1.59. The van der Waals surface area contributed by atoms with Crippen LogP contribution in [0.3, 0.4) is 0 Å². The van der Waals surface area contributed by atoms with Crippen LogP contribution in [0, 0.1) is 6.92 Å². The molecule has 0 aliphatic heterocycles. The molecule has 1 amide bonds. The van der Waals surface area contributed by atoms with Gasteiger partial charge in [0, 0.05) is 5.56 Å². The van der Waals surface area contributed by atoms with E-state index in [0.29, 0.717) is 11.3 Å². The van der Waals surface area contributed by atoms with Crippen molar-refractivity contribution < 1.29 is 13.9 Å². The lowest BCUT2D eigenvalue weighted by Gasteiger charge is -2.12. The molecule has 1 aromatic carbocycles. The molecular formula is C15H17NO3. The van der Waals surface area contributed by atoms with Gasteiger partial charge in [-0.3, -0.25) is 4.79 Å². The van der Waals surface area contributed by atoms with E-state index in [0.717, 1.165) is 11.3 Å². The highest BCUT2D eigenvalue weighted by Crippen LogP contribution is 2.20. The SMILES string of the molecule is COc1cc(C(=O)N[C@H](C)c2ccco2)ccc1C. The topological polar surface area (TPSA) is 51.5 Å². The Kier molecular flexibility index (Phi) is 3.90. The number of hydrogen-bond acceptors (Lipinski definition) is 3. The summed E-state index contributed by atoms with van der Waals surface area (Å²) in [5.74, 6) is 1.29. The third kappa shape index (κ3) is 2.96. The quantitative estimate of drug-likeness (QED) is 0.918.